The van der Waals surface area contributed by atoms with Gasteiger partial charge in [0.2, 0.25) is 5.13 Å². The van der Waals surface area contributed by atoms with Crippen molar-refractivity contribution in [3.05, 3.63) is 76.5 Å². The summed E-state index contributed by atoms with van der Waals surface area (Å²) in [6, 6.07) is 11.6. The van der Waals surface area contributed by atoms with Crippen molar-refractivity contribution in [2.45, 2.75) is 16.6 Å². The Labute approximate surface area is 168 Å². The van der Waals surface area contributed by atoms with Crippen molar-refractivity contribution < 1.29 is 4.79 Å². The van der Waals surface area contributed by atoms with E-state index in [9.17, 15) is 4.79 Å². The monoisotopic (exact) mass is 413 g/mol. The third-order valence-electron chi connectivity index (χ3n) is 3.69. The number of amides is 1. The van der Waals surface area contributed by atoms with Gasteiger partial charge in [-0.2, -0.15) is 0 Å². The molecule has 0 radical (unpaired) electrons. The van der Waals surface area contributed by atoms with Crippen molar-refractivity contribution in [3.63, 3.8) is 0 Å². The summed E-state index contributed by atoms with van der Waals surface area (Å²) < 4.78 is 2.82. The molecule has 27 heavy (non-hydrogen) atoms. The molecule has 6 nitrogen and oxygen atoms in total. The molecular weight excluding hydrogens is 398 g/mol. The number of hydrogen-bond donors (Lipinski definition) is 1. The maximum Gasteiger partial charge on any atom is 0.257 e. The van der Waals surface area contributed by atoms with Gasteiger partial charge >= 0.3 is 0 Å². The molecule has 0 saturated carbocycles. The standard InChI is InChI=1S/C18H15N5OS3/c24-16(14-5-3-13(4-6-14)10-23-8-7-19-12-23)20-17-21-22-18(27-17)26-11-15-2-1-9-25-15/h1-9,12H,10-11H2,(H,20,21,24). The molecule has 9 heteroatoms. The molecule has 136 valence electrons. The van der Waals surface area contributed by atoms with Crippen LogP contribution in [0, 0.1) is 0 Å². The first kappa shape index (κ1) is 17.9. The predicted octanol–water partition coefficient (Wildman–Crippen LogP) is 4.39. The zero-order valence-electron chi connectivity index (χ0n) is 14.1. The van der Waals surface area contributed by atoms with Crippen LogP contribution >= 0.6 is 34.4 Å². The minimum Gasteiger partial charge on any atom is -0.333 e. The number of nitrogens with zero attached hydrogens (tertiary/aromatic N) is 4. The van der Waals surface area contributed by atoms with E-state index in [1.54, 1.807) is 35.6 Å². The van der Waals surface area contributed by atoms with Crippen molar-refractivity contribution >= 4 is 45.5 Å². The SMILES string of the molecule is O=C(Nc1nnc(SCc2cccs2)s1)c1ccc(Cn2ccnc2)cc1. The summed E-state index contributed by atoms with van der Waals surface area (Å²) in [6.07, 6.45) is 5.42. The van der Waals surface area contributed by atoms with Gasteiger partial charge in [0.05, 0.1) is 6.33 Å². The average molecular weight is 414 g/mol. The van der Waals surface area contributed by atoms with Gasteiger partial charge in [0.25, 0.3) is 5.91 Å². The molecular formula is C18H15N5OS3. The smallest absolute Gasteiger partial charge is 0.257 e. The van der Waals surface area contributed by atoms with Gasteiger partial charge in [0, 0.05) is 35.1 Å². The van der Waals surface area contributed by atoms with E-state index in [-0.39, 0.29) is 5.91 Å². The highest BCUT2D eigenvalue weighted by Gasteiger charge is 2.11. The Kier molecular flexibility index (Phi) is 5.61. The second-order valence-corrected chi connectivity index (χ2v) is 8.86. The number of aromatic nitrogens is 4. The summed E-state index contributed by atoms with van der Waals surface area (Å²) in [7, 11) is 0. The molecule has 0 spiro atoms. The fourth-order valence-electron chi connectivity index (χ4n) is 2.37. The Bertz CT molecular complexity index is 994. The number of anilines is 1. The first-order chi connectivity index (χ1) is 13.3. The molecule has 0 aliphatic heterocycles. The Morgan fingerprint density at radius 3 is 2.81 bits per heavy atom. The van der Waals surface area contributed by atoms with Crippen molar-refractivity contribution in [3.8, 4) is 0 Å². The molecule has 0 unspecified atom stereocenters. The Morgan fingerprint density at radius 2 is 2.07 bits per heavy atom. The molecule has 1 amide bonds. The Hall–Kier alpha value is -2.49. The topological polar surface area (TPSA) is 72.7 Å². The maximum atomic E-state index is 12.4. The number of carbonyl (C=O) groups is 1. The lowest BCUT2D eigenvalue weighted by atomic mass is 10.1. The van der Waals surface area contributed by atoms with Gasteiger partial charge < -0.3 is 4.57 Å². The number of thioether (sulfide) groups is 1. The summed E-state index contributed by atoms with van der Waals surface area (Å²) in [6.45, 7) is 0.725. The summed E-state index contributed by atoms with van der Waals surface area (Å²) in [5, 5.41) is 13.6. The lowest BCUT2D eigenvalue weighted by Gasteiger charge is -2.05. The average Bonchev–Trinajstić information content (AvgIpc) is 3.44. The molecule has 0 fully saturated rings. The second-order valence-electron chi connectivity index (χ2n) is 5.63. The van der Waals surface area contributed by atoms with E-state index in [0.717, 1.165) is 22.2 Å². The van der Waals surface area contributed by atoms with Crippen LogP contribution < -0.4 is 5.32 Å². The van der Waals surface area contributed by atoms with E-state index in [1.807, 2.05) is 41.1 Å². The van der Waals surface area contributed by atoms with Crippen LogP contribution in [0.15, 0.2) is 64.8 Å². The highest BCUT2D eigenvalue weighted by Crippen LogP contribution is 2.29. The first-order valence-electron chi connectivity index (χ1n) is 8.11. The third-order valence-corrected chi connectivity index (χ3v) is 6.77. The fraction of sp³-hybridized carbons (Fsp3) is 0.111. The van der Waals surface area contributed by atoms with Gasteiger partial charge in [0.15, 0.2) is 4.34 Å². The zero-order chi connectivity index (χ0) is 18.5. The number of imidazole rings is 1. The largest absolute Gasteiger partial charge is 0.333 e. The number of thiophene rings is 1. The Morgan fingerprint density at radius 1 is 1.19 bits per heavy atom. The molecule has 0 aliphatic rings. The van der Waals surface area contributed by atoms with E-state index in [2.05, 4.69) is 31.9 Å². The molecule has 1 aromatic carbocycles. The van der Waals surface area contributed by atoms with Gasteiger partial charge in [-0.05, 0) is 29.1 Å². The lowest BCUT2D eigenvalue weighted by Crippen LogP contribution is -2.11. The highest BCUT2D eigenvalue weighted by atomic mass is 32.2. The van der Waals surface area contributed by atoms with Crippen LogP contribution in [-0.4, -0.2) is 25.7 Å². The predicted molar refractivity (Wildman–Crippen MR) is 110 cm³/mol. The second kappa shape index (κ2) is 8.47. The molecule has 4 aromatic rings. The first-order valence-corrected chi connectivity index (χ1v) is 10.8. The molecule has 3 heterocycles. The van der Waals surface area contributed by atoms with Crippen LogP contribution in [0.25, 0.3) is 0 Å². The summed E-state index contributed by atoms with van der Waals surface area (Å²) in [5.41, 5.74) is 1.69. The zero-order valence-corrected chi connectivity index (χ0v) is 16.6. The molecule has 3 aromatic heterocycles. The quantitative estimate of drug-likeness (QED) is 0.359. The number of benzene rings is 1. The van der Waals surface area contributed by atoms with Gasteiger partial charge in [-0.1, -0.05) is 41.3 Å². The molecule has 0 saturated heterocycles. The minimum absolute atomic E-state index is 0.185. The van der Waals surface area contributed by atoms with Crippen LogP contribution in [0.2, 0.25) is 0 Å². The van der Waals surface area contributed by atoms with E-state index < -0.39 is 0 Å². The minimum atomic E-state index is -0.185. The summed E-state index contributed by atoms with van der Waals surface area (Å²) in [4.78, 5) is 17.7. The van der Waals surface area contributed by atoms with Crippen LogP contribution in [0.5, 0.6) is 0 Å². The van der Waals surface area contributed by atoms with Crippen molar-refractivity contribution in [1.29, 1.82) is 0 Å². The van der Waals surface area contributed by atoms with Gasteiger partial charge in [-0.25, -0.2) is 4.98 Å². The van der Waals surface area contributed by atoms with Crippen LogP contribution in [0.1, 0.15) is 20.8 Å². The van der Waals surface area contributed by atoms with Gasteiger partial charge in [0.1, 0.15) is 0 Å². The van der Waals surface area contributed by atoms with E-state index >= 15 is 0 Å². The molecule has 1 N–H and O–H groups in total. The van der Waals surface area contributed by atoms with Crippen LogP contribution in [0.3, 0.4) is 0 Å². The third kappa shape index (κ3) is 4.82. The van der Waals surface area contributed by atoms with Crippen LogP contribution in [0.4, 0.5) is 5.13 Å². The number of rotatable bonds is 7. The van der Waals surface area contributed by atoms with Crippen molar-refractivity contribution in [2.75, 3.05) is 5.32 Å². The number of nitrogens with one attached hydrogen (secondary N) is 1. The molecule has 0 atom stereocenters. The van der Waals surface area contributed by atoms with E-state index in [1.165, 1.54) is 16.2 Å². The summed E-state index contributed by atoms with van der Waals surface area (Å²) in [5.74, 6) is 0.675. The normalized spacial score (nSPS) is 10.8. The van der Waals surface area contributed by atoms with Crippen molar-refractivity contribution in [2.24, 2.45) is 0 Å². The number of hydrogen-bond acceptors (Lipinski definition) is 7. The molecule has 0 bridgehead atoms. The van der Waals surface area contributed by atoms with E-state index in [4.69, 9.17) is 0 Å². The Balaban J connectivity index is 1.33. The van der Waals surface area contributed by atoms with Gasteiger partial charge in [-0.3, -0.25) is 10.1 Å². The van der Waals surface area contributed by atoms with Crippen LogP contribution in [-0.2, 0) is 12.3 Å². The fourth-order valence-corrected chi connectivity index (χ4v) is 4.89. The summed E-state index contributed by atoms with van der Waals surface area (Å²) >= 11 is 4.73. The molecule has 0 aliphatic carbocycles. The van der Waals surface area contributed by atoms with Gasteiger partial charge in [-0.15, -0.1) is 21.5 Å². The lowest BCUT2D eigenvalue weighted by molar-refractivity contribution is 0.102. The van der Waals surface area contributed by atoms with Crippen molar-refractivity contribution in [1.82, 2.24) is 19.7 Å². The number of carbonyl (C=O) groups excluding carboxylic acids is 1. The maximum absolute atomic E-state index is 12.4. The van der Waals surface area contributed by atoms with E-state index in [0.29, 0.717) is 10.7 Å². The molecule has 4 rings (SSSR count). The highest BCUT2D eigenvalue weighted by molar-refractivity contribution is 8.00.